The van der Waals surface area contributed by atoms with Gasteiger partial charge < -0.3 is 0 Å². The molecule has 1 aliphatic heterocycles. The number of alkyl halides is 1. The Morgan fingerprint density at radius 2 is 2.00 bits per heavy atom. The molecule has 4 heteroatoms. The lowest BCUT2D eigenvalue weighted by atomic mass is 9.99. The number of likely N-dealkylation sites (tertiary alicyclic amines) is 1. The fourth-order valence-corrected chi connectivity index (χ4v) is 3.56. The van der Waals surface area contributed by atoms with Gasteiger partial charge in [-0.25, -0.2) is 0 Å². The van der Waals surface area contributed by atoms with Crippen molar-refractivity contribution in [1.29, 1.82) is 0 Å². The summed E-state index contributed by atoms with van der Waals surface area (Å²) in [5.41, 5.74) is 2.45. The van der Waals surface area contributed by atoms with Crippen LogP contribution in [0, 0.1) is 5.92 Å². The Labute approximate surface area is 122 Å². The Hall–Kier alpha value is -0.870. The van der Waals surface area contributed by atoms with Crippen molar-refractivity contribution in [1.82, 2.24) is 14.7 Å². The number of para-hydroxylation sites is 1. The minimum absolute atomic E-state index is 0.858. The lowest BCUT2D eigenvalue weighted by Gasteiger charge is -2.30. The second kappa shape index (κ2) is 5.63. The molecule has 2 heterocycles. The molecule has 2 aromatic rings. The van der Waals surface area contributed by atoms with Gasteiger partial charge in [0, 0.05) is 24.3 Å². The lowest BCUT2D eigenvalue weighted by Crippen LogP contribution is -2.33. The monoisotopic (exact) mass is 321 g/mol. The highest BCUT2D eigenvalue weighted by Gasteiger charge is 2.20. The van der Waals surface area contributed by atoms with Gasteiger partial charge in [0.1, 0.15) is 0 Å². The molecule has 0 unspecified atom stereocenters. The first kappa shape index (κ1) is 13.1. The third kappa shape index (κ3) is 2.70. The summed E-state index contributed by atoms with van der Waals surface area (Å²) >= 11 is 3.60. The van der Waals surface area contributed by atoms with Crippen LogP contribution in [0.25, 0.3) is 10.9 Å². The van der Waals surface area contributed by atoms with Crippen molar-refractivity contribution >= 4 is 26.8 Å². The van der Waals surface area contributed by atoms with Gasteiger partial charge in [-0.3, -0.25) is 9.58 Å². The van der Waals surface area contributed by atoms with E-state index in [4.69, 9.17) is 0 Å². The number of benzene rings is 1. The molecule has 0 bridgehead atoms. The van der Waals surface area contributed by atoms with E-state index >= 15 is 0 Å². The van der Waals surface area contributed by atoms with E-state index in [9.17, 15) is 0 Å². The average Bonchev–Trinajstić information content (AvgIpc) is 2.77. The van der Waals surface area contributed by atoms with Gasteiger partial charge >= 0.3 is 0 Å². The molecule has 0 spiro atoms. The molecule has 3 nitrogen and oxygen atoms in total. The maximum absolute atomic E-state index is 4.69. The van der Waals surface area contributed by atoms with Crippen LogP contribution in [0.15, 0.2) is 24.3 Å². The highest BCUT2D eigenvalue weighted by Crippen LogP contribution is 2.23. The van der Waals surface area contributed by atoms with Crippen LogP contribution in [-0.4, -0.2) is 33.1 Å². The van der Waals surface area contributed by atoms with Crippen molar-refractivity contribution in [3.05, 3.63) is 30.0 Å². The van der Waals surface area contributed by atoms with Crippen molar-refractivity contribution in [2.45, 2.75) is 19.4 Å². The molecule has 0 atom stereocenters. The summed E-state index contributed by atoms with van der Waals surface area (Å²) in [5.74, 6) is 0.858. The summed E-state index contributed by atoms with van der Waals surface area (Å²) in [5, 5.41) is 7.13. The first-order chi connectivity index (χ1) is 9.28. The Kier molecular flexibility index (Phi) is 3.89. The van der Waals surface area contributed by atoms with E-state index in [-0.39, 0.29) is 0 Å². The highest BCUT2D eigenvalue weighted by molar-refractivity contribution is 9.09. The Morgan fingerprint density at radius 3 is 2.74 bits per heavy atom. The Bertz CT molecular complexity index is 556. The Balaban J connectivity index is 1.75. The molecule has 0 aliphatic carbocycles. The summed E-state index contributed by atoms with van der Waals surface area (Å²) < 4.78 is 2.00. The fraction of sp³-hybridized carbons (Fsp3) is 0.533. The van der Waals surface area contributed by atoms with E-state index in [0.29, 0.717) is 0 Å². The number of aryl methyl sites for hydroxylation is 1. The van der Waals surface area contributed by atoms with Crippen LogP contribution in [0.4, 0.5) is 0 Å². The van der Waals surface area contributed by atoms with E-state index in [1.807, 2.05) is 11.7 Å². The number of hydrogen-bond acceptors (Lipinski definition) is 2. The zero-order valence-electron chi connectivity index (χ0n) is 11.3. The predicted molar refractivity (Wildman–Crippen MR) is 82.5 cm³/mol. The fourth-order valence-electron chi connectivity index (χ4n) is 2.92. The van der Waals surface area contributed by atoms with Gasteiger partial charge in [-0.1, -0.05) is 34.1 Å². The smallest absolute Gasteiger partial charge is 0.0843 e. The summed E-state index contributed by atoms with van der Waals surface area (Å²) in [6, 6.07) is 8.51. The van der Waals surface area contributed by atoms with E-state index in [1.165, 1.54) is 42.5 Å². The number of nitrogens with zero attached hydrogens (tertiary/aromatic N) is 3. The predicted octanol–water partition coefficient (Wildman–Crippen LogP) is 3.18. The van der Waals surface area contributed by atoms with Crippen LogP contribution >= 0.6 is 15.9 Å². The standard InChI is InChI=1S/C15H20BrN3/c1-18-15-5-3-2-4-13(15)14(17-18)11-19-8-6-12(10-16)7-9-19/h2-5,12H,6-11H2,1H3. The number of halogens is 1. The number of aromatic nitrogens is 2. The van der Waals surface area contributed by atoms with Crippen LogP contribution in [0.1, 0.15) is 18.5 Å². The quantitative estimate of drug-likeness (QED) is 0.809. The number of hydrogen-bond donors (Lipinski definition) is 0. The number of fused-ring (bicyclic) bond motifs is 1. The molecular weight excluding hydrogens is 302 g/mol. The van der Waals surface area contributed by atoms with E-state index in [0.717, 1.165) is 17.8 Å². The first-order valence-corrected chi connectivity index (χ1v) is 8.09. The topological polar surface area (TPSA) is 21.1 Å². The van der Waals surface area contributed by atoms with Crippen molar-refractivity contribution in [3.8, 4) is 0 Å². The minimum Gasteiger partial charge on any atom is -0.297 e. The second-order valence-electron chi connectivity index (χ2n) is 5.46. The van der Waals surface area contributed by atoms with Crippen LogP contribution in [-0.2, 0) is 13.6 Å². The minimum atomic E-state index is 0.858. The summed E-state index contributed by atoms with van der Waals surface area (Å²) in [7, 11) is 2.03. The molecule has 1 aromatic heterocycles. The van der Waals surface area contributed by atoms with Crippen LogP contribution in [0.3, 0.4) is 0 Å². The van der Waals surface area contributed by atoms with Gasteiger partial charge in [0.05, 0.1) is 11.2 Å². The first-order valence-electron chi connectivity index (χ1n) is 6.97. The van der Waals surface area contributed by atoms with Crippen LogP contribution in [0.2, 0.25) is 0 Å². The van der Waals surface area contributed by atoms with Crippen molar-refractivity contribution in [2.75, 3.05) is 18.4 Å². The molecule has 1 aromatic carbocycles. The average molecular weight is 322 g/mol. The number of rotatable bonds is 3. The van der Waals surface area contributed by atoms with Gasteiger partial charge in [-0.2, -0.15) is 5.10 Å². The van der Waals surface area contributed by atoms with Crippen molar-refractivity contribution < 1.29 is 0 Å². The largest absolute Gasteiger partial charge is 0.297 e. The zero-order chi connectivity index (χ0) is 13.2. The molecule has 1 aliphatic rings. The van der Waals surface area contributed by atoms with Crippen LogP contribution in [0.5, 0.6) is 0 Å². The van der Waals surface area contributed by atoms with Gasteiger partial charge in [0.25, 0.3) is 0 Å². The van der Waals surface area contributed by atoms with Crippen LogP contribution < -0.4 is 0 Å². The Morgan fingerprint density at radius 1 is 1.26 bits per heavy atom. The molecule has 19 heavy (non-hydrogen) atoms. The molecule has 0 radical (unpaired) electrons. The molecule has 0 amide bonds. The lowest BCUT2D eigenvalue weighted by molar-refractivity contribution is 0.186. The molecule has 102 valence electrons. The maximum Gasteiger partial charge on any atom is 0.0843 e. The third-order valence-electron chi connectivity index (χ3n) is 4.13. The van der Waals surface area contributed by atoms with E-state index in [2.05, 4.69) is 50.2 Å². The summed E-state index contributed by atoms with van der Waals surface area (Å²) in [6.45, 7) is 3.37. The molecular formula is C15H20BrN3. The molecule has 3 rings (SSSR count). The van der Waals surface area contributed by atoms with Gasteiger partial charge in [0.2, 0.25) is 0 Å². The van der Waals surface area contributed by atoms with Gasteiger partial charge in [-0.15, -0.1) is 0 Å². The van der Waals surface area contributed by atoms with Crippen molar-refractivity contribution in [2.24, 2.45) is 13.0 Å². The number of piperidine rings is 1. The van der Waals surface area contributed by atoms with E-state index in [1.54, 1.807) is 0 Å². The molecule has 0 N–H and O–H groups in total. The van der Waals surface area contributed by atoms with Crippen molar-refractivity contribution in [3.63, 3.8) is 0 Å². The molecule has 1 saturated heterocycles. The van der Waals surface area contributed by atoms with Gasteiger partial charge in [-0.05, 0) is 37.9 Å². The molecule has 0 saturated carbocycles. The summed E-state index contributed by atoms with van der Waals surface area (Å²) in [4.78, 5) is 2.54. The zero-order valence-corrected chi connectivity index (χ0v) is 12.9. The van der Waals surface area contributed by atoms with E-state index < -0.39 is 0 Å². The second-order valence-corrected chi connectivity index (χ2v) is 6.11. The summed E-state index contributed by atoms with van der Waals surface area (Å²) in [6.07, 6.45) is 2.60. The maximum atomic E-state index is 4.69. The SMILES string of the molecule is Cn1nc(CN2CCC(CBr)CC2)c2ccccc21. The molecule has 1 fully saturated rings. The third-order valence-corrected chi connectivity index (χ3v) is 5.05. The van der Waals surface area contributed by atoms with Gasteiger partial charge in [0.15, 0.2) is 0 Å². The normalized spacial score (nSPS) is 18.2. The highest BCUT2D eigenvalue weighted by atomic mass is 79.9.